The van der Waals surface area contributed by atoms with Crippen LogP contribution in [0.5, 0.6) is 5.75 Å². The summed E-state index contributed by atoms with van der Waals surface area (Å²) in [6, 6.07) is 4.83. The van der Waals surface area contributed by atoms with E-state index in [2.05, 4.69) is 12.1 Å². The van der Waals surface area contributed by atoms with Crippen molar-refractivity contribution in [3.63, 3.8) is 0 Å². The Bertz CT molecular complexity index is 763. The largest absolute Gasteiger partial charge is 0.482 e. The zero-order valence-corrected chi connectivity index (χ0v) is 14.7. The zero-order valence-electron chi connectivity index (χ0n) is 14.7. The molecule has 1 fully saturated rings. The molecule has 1 unspecified atom stereocenters. The van der Waals surface area contributed by atoms with Gasteiger partial charge in [-0.05, 0) is 31.4 Å². The summed E-state index contributed by atoms with van der Waals surface area (Å²) in [4.78, 5) is 14.5. The second kappa shape index (κ2) is 8.29. The van der Waals surface area contributed by atoms with E-state index in [1.165, 1.54) is 12.1 Å². The van der Waals surface area contributed by atoms with Crippen molar-refractivity contribution in [3.05, 3.63) is 47.4 Å². The Morgan fingerprint density at radius 2 is 2.23 bits per heavy atom. The van der Waals surface area contributed by atoms with Crippen molar-refractivity contribution in [1.82, 2.24) is 10.1 Å². The number of amides is 1. The molecular weight excluding hydrogens is 342 g/mol. The molecule has 2 aromatic rings. The Kier molecular flexibility index (Phi) is 5.85. The van der Waals surface area contributed by atoms with E-state index in [1.807, 2.05) is 4.90 Å². The van der Waals surface area contributed by atoms with Gasteiger partial charge < -0.3 is 14.2 Å². The molecule has 1 atom stereocenters. The quantitative estimate of drug-likeness (QED) is 0.734. The van der Waals surface area contributed by atoms with E-state index < -0.39 is 11.6 Å². The second-order valence-electron chi connectivity index (χ2n) is 6.48. The Labute approximate surface area is 150 Å². The number of halogens is 2. The number of carbonyl (C=O) groups excluding carboxylic acids is 1. The lowest BCUT2D eigenvalue weighted by molar-refractivity contribution is 0.0718. The first kappa shape index (κ1) is 18.4. The number of nitrogens with zero attached hydrogens (tertiary/aromatic N) is 2. The lowest BCUT2D eigenvalue weighted by Crippen LogP contribution is -2.35. The first-order valence-electron chi connectivity index (χ1n) is 8.93. The molecule has 1 aliphatic rings. The molecule has 0 bridgehead atoms. The fourth-order valence-corrected chi connectivity index (χ4v) is 3.21. The Hall–Kier alpha value is -2.44. The van der Waals surface area contributed by atoms with E-state index in [9.17, 15) is 13.6 Å². The van der Waals surface area contributed by atoms with E-state index >= 15 is 0 Å². The van der Waals surface area contributed by atoms with E-state index in [1.54, 1.807) is 0 Å². The molecule has 2 heterocycles. The van der Waals surface area contributed by atoms with Gasteiger partial charge in [0.05, 0.1) is 0 Å². The monoisotopic (exact) mass is 364 g/mol. The highest BCUT2D eigenvalue weighted by Crippen LogP contribution is 2.24. The summed E-state index contributed by atoms with van der Waals surface area (Å²) in [6.07, 6.45) is 5.21. The van der Waals surface area contributed by atoms with Gasteiger partial charge in [-0.1, -0.05) is 24.9 Å². The minimum absolute atomic E-state index is 0.0881. The molecule has 1 aliphatic heterocycles. The number of carbonyl (C=O) groups is 1. The normalized spacial score (nSPS) is 16.9. The molecule has 1 aromatic carbocycles. The molecule has 1 amide bonds. The van der Waals surface area contributed by atoms with E-state index in [-0.39, 0.29) is 30.0 Å². The average molecular weight is 364 g/mol. The van der Waals surface area contributed by atoms with Crippen LogP contribution in [0.4, 0.5) is 8.78 Å². The van der Waals surface area contributed by atoms with Crippen LogP contribution < -0.4 is 4.74 Å². The highest BCUT2D eigenvalue weighted by Gasteiger charge is 2.30. The SMILES string of the molecule is CCCCC1CCCN1C(=O)c1cc(COc2ccc(F)cc2F)on1. The van der Waals surface area contributed by atoms with Gasteiger partial charge in [0.15, 0.2) is 23.0 Å². The molecule has 0 saturated carbocycles. The zero-order chi connectivity index (χ0) is 18.5. The maximum Gasteiger partial charge on any atom is 0.276 e. The predicted molar refractivity (Wildman–Crippen MR) is 90.8 cm³/mol. The number of aromatic nitrogens is 1. The maximum atomic E-state index is 13.6. The molecule has 7 heteroatoms. The first-order chi connectivity index (χ1) is 12.6. The van der Waals surface area contributed by atoms with Crippen LogP contribution >= 0.6 is 0 Å². The molecule has 26 heavy (non-hydrogen) atoms. The number of hydrogen-bond donors (Lipinski definition) is 0. The van der Waals surface area contributed by atoms with Crippen LogP contribution in [0.1, 0.15) is 55.3 Å². The van der Waals surface area contributed by atoms with Crippen molar-refractivity contribution >= 4 is 5.91 Å². The summed E-state index contributed by atoms with van der Waals surface area (Å²) in [7, 11) is 0. The van der Waals surface area contributed by atoms with Crippen LogP contribution in [-0.4, -0.2) is 28.6 Å². The highest BCUT2D eigenvalue weighted by atomic mass is 19.1. The minimum Gasteiger partial charge on any atom is -0.482 e. The average Bonchev–Trinajstić information content (AvgIpc) is 3.28. The third-order valence-electron chi connectivity index (χ3n) is 4.57. The number of likely N-dealkylation sites (tertiary alicyclic amines) is 1. The molecule has 5 nitrogen and oxygen atoms in total. The van der Waals surface area contributed by atoms with E-state index in [4.69, 9.17) is 9.26 Å². The molecule has 1 aromatic heterocycles. The number of rotatable bonds is 7. The van der Waals surface area contributed by atoms with E-state index in [0.717, 1.165) is 50.8 Å². The number of ether oxygens (including phenoxy) is 1. The van der Waals surface area contributed by atoms with E-state index in [0.29, 0.717) is 5.76 Å². The molecule has 0 N–H and O–H groups in total. The van der Waals surface area contributed by atoms with Gasteiger partial charge in [-0.15, -0.1) is 0 Å². The van der Waals surface area contributed by atoms with Crippen LogP contribution in [0.25, 0.3) is 0 Å². The molecule has 1 saturated heterocycles. The van der Waals surface area contributed by atoms with Gasteiger partial charge in [-0.2, -0.15) is 0 Å². The van der Waals surface area contributed by atoms with Crippen molar-refractivity contribution in [2.24, 2.45) is 0 Å². The van der Waals surface area contributed by atoms with Crippen LogP contribution in [0.3, 0.4) is 0 Å². The van der Waals surface area contributed by atoms with Gasteiger partial charge in [0, 0.05) is 24.7 Å². The molecule has 140 valence electrons. The second-order valence-corrected chi connectivity index (χ2v) is 6.48. The summed E-state index contributed by atoms with van der Waals surface area (Å²) in [5, 5.41) is 3.82. The summed E-state index contributed by atoms with van der Waals surface area (Å²) >= 11 is 0. The van der Waals surface area contributed by atoms with Gasteiger partial charge in [0.25, 0.3) is 5.91 Å². The van der Waals surface area contributed by atoms with Crippen LogP contribution in [0.2, 0.25) is 0 Å². The summed E-state index contributed by atoms with van der Waals surface area (Å²) in [6.45, 7) is 2.77. The summed E-state index contributed by atoms with van der Waals surface area (Å²) in [5.74, 6) is -1.40. The highest BCUT2D eigenvalue weighted by molar-refractivity contribution is 5.92. The number of benzene rings is 1. The fourth-order valence-electron chi connectivity index (χ4n) is 3.21. The van der Waals surface area contributed by atoms with Crippen LogP contribution in [0.15, 0.2) is 28.8 Å². The molecule has 0 radical (unpaired) electrons. The van der Waals surface area contributed by atoms with Crippen molar-refractivity contribution in [2.45, 2.75) is 51.7 Å². The standard InChI is InChI=1S/C19H22F2N2O3/c1-2-3-5-14-6-4-9-23(14)19(24)17-11-15(26-22-17)12-25-18-8-7-13(20)10-16(18)21/h7-8,10-11,14H,2-6,9,12H2,1H3. The summed E-state index contributed by atoms with van der Waals surface area (Å²) < 4.78 is 36.9. The topological polar surface area (TPSA) is 55.6 Å². The van der Waals surface area contributed by atoms with Crippen molar-refractivity contribution in [2.75, 3.05) is 6.54 Å². The Morgan fingerprint density at radius 3 is 3.00 bits per heavy atom. The molecule has 0 aliphatic carbocycles. The molecule has 0 spiro atoms. The van der Waals surface area contributed by atoms with Crippen molar-refractivity contribution in [3.8, 4) is 5.75 Å². The lowest BCUT2D eigenvalue weighted by atomic mass is 10.1. The molecular formula is C19H22F2N2O3. The fraction of sp³-hybridized carbons (Fsp3) is 0.474. The smallest absolute Gasteiger partial charge is 0.276 e. The maximum absolute atomic E-state index is 13.6. The van der Waals surface area contributed by atoms with Gasteiger partial charge >= 0.3 is 0 Å². The van der Waals surface area contributed by atoms with Gasteiger partial charge in [0.2, 0.25) is 0 Å². The van der Waals surface area contributed by atoms with Gasteiger partial charge in [-0.25, -0.2) is 8.78 Å². The molecule has 3 rings (SSSR count). The Morgan fingerprint density at radius 1 is 1.38 bits per heavy atom. The first-order valence-corrected chi connectivity index (χ1v) is 8.93. The number of unbranched alkanes of at least 4 members (excludes halogenated alkanes) is 1. The van der Waals surface area contributed by atoms with Gasteiger partial charge in [-0.3, -0.25) is 4.79 Å². The third kappa shape index (κ3) is 4.20. The van der Waals surface area contributed by atoms with Gasteiger partial charge in [0.1, 0.15) is 12.4 Å². The number of hydrogen-bond acceptors (Lipinski definition) is 4. The van der Waals surface area contributed by atoms with Crippen molar-refractivity contribution in [1.29, 1.82) is 0 Å². The Balaban J connectivity index is 1.61. The minimum atomic E-state index is -0.795. The van der Waals surface area contributed by atoms with Crippen LogP contribution in [-0.2, 0) is 6.61 Å². The predicted octanol–water partition coefficient (Wildman–Crippen LogP) is 4.33. The summed E-state index contributed by atoms with van der Waals surface area (Å²) in [5.41, 5.74) is 0.228. The lowest BCUT2D eigenvalue weighted by Gasteiger charge is -2.23. The third-order valence-corrected chi connectivity index (χ3v) is 4.57. The van der Waals surface area contributed by atoms with Crippen LogP contribution in [0, 0.1) is 11.6 Å². The van der Waals surface area contributed by atoms with Crippen molar-refractivity contribution < 1.29 is 22.8 Å².